The van der Waals surface area contributed by atoms with Gasteiger partial charge < -0.3 is 11.1 Å². The minimum Gasteiger partial charge on any atom is -0.354 e. The Morgan fingerprint density at radius 3 is 2.73 bits per heavy atom. The van der Waals surface area contributed by atoms with Gasteiger partial charge in [0, 0.05) is 18.5 Å². The number of hydrogen-bond donors (Lipinski definition) is 2. The Labute approximate surface area is 90.8 Å². The molecule has 0 aromatic heterocycles. The zero-order valence-corrected chi connectivity index (χ0v) is 9.42. The van der Waals surface area contributed by atoms with Crippen LogP contribution in [-0.4, -0.2) is 18.5 Å². The average Bonchev–Trinajstić information content (AvgIpc) is 2.61. The summed E-state index contributed by atoms with van der Waals surface area (Å²) in [5.74, 6) is 0.0979. The maximum atomic E-state index is 11.7. The maximum Gasteiger partial charge on any atom is 0.223 e. The highest BCUT2D eigenvalue weighted by atomic mass is 16.1. The molecule has 1 saturated carbocycles. The quantitative estimate of drug-likeness (QED) is 0.721. The Morgan fingerprint density at radius 2 is 2.27 bits per heavy atom. The van der Waals surface area contributed by atoms with Gasteiger partial charge in [-0.2, -0.15) is 5.26 Å². The van der Waals surface area contributed by atoms with Crippen LogP contribution in [-0.2, 0) is 4.79 Å². The summed E-state index contributed by atoms with van der Waals surface area (Å²) in [6.07, 6.45) is 2.58. The van der Waals surface area contributed by atoms with Crippen LogP contribution in [0.3, 0.4) is 0 Å². The van der Waals surface area contributed by atoms with Crippen molar-refractivity contribution < 1.29 is 4.79 Å². The number of rotatable bonds is 3. The Bertz CT molecular complexity index is 280. The molecule has 3 N–H and O–H groups in total. The van der Waals surface area contributed by atoms with Crippen molar-refractivity contribution in [3.8, 4) is 6.07 Å². The fourth-order valence-electron chi connectivity index (χ4n) is 1.75. The van der Waals surface area contributed by atoms with E-state index in [1.54, 1.807) is 0 Å². The van der Waals surface area contributed by atoms with E-state index in [1.807, 2.05) is 13.8 Å². The minimum atomic E-state index is -0.490. The molecule has 0 spiro atoms. The van der Waals surface area contributed by atoms with Gasteiger partial charge in [-0.3, -0.25) is 4.79 Å². The molecule has 0 aromatic carbocycles. The van der Waals surface area contributed by atoms with Gasteiger partial charge in [0.15, 0.2) is 0 Å². The second-order valence-electron chi connectivity index (χ2n) is 4.98. The molecular weight excluding hydrogens is 190 g/mol. The third-order valence-electron chi connectivity index (χ3n) is 2.85. The van der Waals surface area contributed by atoms with Crippen LogP contribution < -0.4 is 11.1 Å². The third-order valence-corrected chi connectivity index (χ3v) is 2.85. The molecule has 4 heteroatoms. The molecule has 4 nitrogen and oxygen atoms in total. The molecule has 0 bridgehead atoms. The molecule has 1 rings (SSSR count). The number of nitrogens with one attached hydrogen (secondary N) is 1. The van der Waals surface area contributed by atoms with E-state index in [0.717, 1.165) is 19.3 Å². The zero-order valence-electron chi connectivity index (χ0n) is 9.42. The number of nitrogens with zero attached hydrogens (tertiary/aromatic N) is 1. The number of carbonyl (C=O) groups excluding carboxylic acids is 1. The SMILES string of the molecule is CC(C)(C#N)CNC(=O)C1CCC(N)C1. The molecule has 1 amide bonds. The molecule has 84 valence electrons. The molecule has 15 heavy (non-hydrogen) atoms. The lowest BCUT2D eigenvalue weighted by molar-refractivity contribution is -0.125. The molecule has 1 aliphatic rings. The van der Waals surface area contributed by atoms with Crippen molar-refractivity contribution >= 4 is 5.91 Å². The summed E-state index contributed by atoms with van der Waals surface area (Å²) in [5.41, 5.74) is 5.25. The van der Waals surface area contributed by atoms with Gasteiger partial charge in [0.1, 0.15) is 0 Å². The summed E-state index contributed by atoms with van der Waals surface area (Å²) in [6.45, 7) is 4.04. The van der Waals surface area contributed by atoms with Gasteiger partial charge in [0.2, 0.25) is 5.91 Å². The van der Waals surface area contributed by atoms with Crippen LogP contribution >= 0.6 is 0 Å². The molecule has 2 unspecified atom stereocenters. The largest absolute Gasteiger partial charge is 0.354 e. The van der Waals surface area contributed by atoms with E-state index in [0.29, 0.717) is 6.54 Å². The van der Waals surface area contributed by atoms with E-state index in [1.165, 1.54) is 0 Å². The lowest BCUT2D eigenvalue weighted by Crippen LogP contribution is -2.36. The summed E-state index contributed by atoms with van der Waals surface area (Å²) < 4.78 is 0. The van der Waals surface area contributed by atoms with Crippen molar-refractivity contribution in [2.45, 2.75) is 39.2 Å². The topological polar surface area (TPSA) is 78.9 Å². The summed E-state index contributed by atoms with van der Waals surface area (Å²) in [6, 6.07) is 2.33. The van der Waals surface area contributed by atoms with E-state index >= 15 is 0 Å². The number of nitrogens with two attached hydrogens (primary N) is 1. The summed E-state index contributed by atoms with van der Waals surface area (Å²) in [5, 5.41) is 11.6. The van der Waals surface area contributed by atoms with E-state index in [-0.39, 0.29) is 17.9 Å². The van der Waals surface area contributed by atoms with Gasteiger partial charge in [0.25, 0.3) is 0 Å². The van der Waals surface area contributed by atoms with Crippen LogP contribution in [0.2, 0.25) is 0 Å². The molecule has 1 fully saturated rings. The van der Waals surface area contributed by atoms with Crippen molar-refractivity contribution in [1.82, 2.24) is 5.32 Å². The van der Waals surface area contributed by atoms with Gasteiger partial charge in [-0.15, -0.1) is 0 Å². The lowest BCUT2D eigenvalue weighted by Gasteiger charge is -2.17. The van der Waals surface area contributed by atoms with Gasteiger partial charge in [-0.25, -0.2) is 0 Å². The smallest absolute Gasteiger partial charge is 0.223 e. The Kier molecular flexibility index (Phi) is 3.70. The molecule has 0 heterocycles. The van der Waals surface area contributed by atoms with Crippen molar-refractivity contribution in [3.05, 3.63) is 0 Å². The first kappa shape index (κ1) is 12.0. The minimum absolute atomic E-state index is 0.0475. The number of carbonyl (C=O) groups is 1. The van der Waals surface area contributed by atoms with Gasteiger partial charge in [-0.05, 0) is 33.1 Å². The number of amides is 1. The molecule has 0 radical (unpaired) electrons. The fraction of sp³-hybridized carbons (Fsp3) is 0.818. The Balaban J connectivity index is 2.34. The van der Waals surface area contributed by atoms with Crippen LogP contribution in [0.5, 0.6) is 0 Å². The first-order valence-corrected chi connectivity index (χ1v) is 5.39. The highest BCUT2D eigenvalue weighted by Crippen LogP contribution is 2.24. The molecule has 0 aromatic rings. The summed E-state index contributed by atoms with van der Waals surface area (Å²) in [7, 11) is 0. The highest BCUT2D eigenvalue weighted by Gasteiger charge is 2.28. The van der Waals surface area contributed by atoms with Crippen molar-refractivity contribution in [2.75, 3.05) is 6.54 Å². The summed E-state index contributed by atoms with van der Waals surface area (Å²) >= 11 is 0. The monoisotopic (exact) mass is 209 g/mol. The lowest BCUT2D eigenvalue weighted by atomic mass is 9.95. The zero-order chi connectivity index (χ0) is 11.5. The molecule has 2 atom stereocenters. The highest BCUT2D eigenvalue weighted by molar-refractivity contribution is 5.79. The second kappa shape index (κ2) is 4.63. The molecule has 0 aliphatic heterocycles. The van der Waals surface area contributed by atoms with Crippen molar-refractivity contribution in [3.63, 3.8) is 0 Å². The van der Waals surface area contributed by atoms with Crippen LogP contribution in [0, 0.1) is 22.7 Å². The molecule has 0 saturated heterocycles. The van der Waals surface area contributed by atoms with Crippen LogP contribution in [0.4, 0.5) is 0 Å². The predicted molar refractivity (Wildman–Crippen MR) is 57.7 cm³/mol. The molecular formula is C11H19N3O. The second-order valence-corrected chi connectivity index (χ2v) is 4.98. The fourth-order valence-corrected chi connectivity index (χ4v) is 1.75. The third kappa shape index (κ3) is 3.52. The summed E-state index contributed by atoms with van der Waals surface area (Å²) in [4.78, 5) is 11.7. The maximum absolute atomic E-state index is 11.7. The van der Waals surface area contributed by atoms with Crippen molar-refractivity contribution in [1.29, 1.82) is 5.26 Å². The van der Waals surface area contributed by atoms with Crippen LogP contribution in [0.25, 0.3) is 0 Å². The van der Waals surface area contributed by atoms with E-state index < -0.39 is 5.41 Å². The van der Waals surface area contributed by atoms with Crippen LogP contribution in [0.1, 0.15) is 33.1 Å². The Morgan fingerprint density at radius 1 is 1.60 bits per heavy atom. The van der Waals surface area contributed by atoms with E-state index in [9.17, 15) is 4.79 Å². The first-order chi connectivity index (χ1) is 6.94. The van der Waals surface area contributed by atoms with E-state index in [2.05, 4.69) is 11.4 Å². The van der Waals surface area contributed by atoms with Gasteiger partial charge in [0.05, 0.1) is 11.5 Å². The van der Waals surface area contributed by atoms with Gasteiger partial charge >= 0.3 is 0 Å². The number of nitriles is 1. The van der Waals surface area contributed by atoms with Crippen LogP contribution in [0.15, 0.2) is 0 Å². The molecule has 1 aliphatic carbocycles. The average molecular weight is 209 g/mol. The standard InChI is InChI=1S/C11H19N3O/c1-11(2,6-12)7-14-10(15)8-3-4-9(13)5-8/h8-9H,3-5,7,13H2,1-2H3,(H,14,15). The van der Waals surface area contributed by atoms with Gasteiger partial charge in [-0.1, -0.05) is 0 Å². The van der Waals surface area contributed by atoms with Crippen molar-refractivity contribution in [2.24, 2.45) is 17.1 Å². The predicted octanol–water partition coefficient (Wildman–Crippen LogP) is 0.780. The number of hydrogen-bond acceptors (Lipinski definition) is 3. The first-order valence-electron chi connectivity index (χ1n) is 5.39. The van der Waals surface area contributed by atoms with E-state index in [4.69, 9.17) is 11.0 Å². The Hall–Kier alpha value is -1.08. The normalized spacial score (nSPS) is 26.0.